The van der Waals surface area contributed by atoms with Crippen LogP contribution < -0.4 is 0 Å². The van der Waals surface area contributed by atoms with E-state index in [9.17, 15) is 9.90 Å². The molecule has 4 N–H and O–H groups in total. The Bertz CT molecular complexity index is 1730. The molecular weight excluding hydrogens is 578 g/mol. The van der Waals surface area contributed by atoms with Crippen LogP contribution in [0.25, 0.3) is 22.5 Å². The van der Waals surface area contributed by atoms with Gasteiger partial charge in [0.15, 0.2) is 5.69 Å². The Labute approximate surface area is 259 Å². The zero-order chi connectivity index (χ0) is 32.0. The fourth-order valence-electron chi connectivity index (χ4n) is 5.07. The molecule has 5 aromatic rings. The summed E-state index contributed by atoms with van der Waals surface area (Å²) in [5.74, 6) is 0.515. The average Bonchev–Trinajstić information content (AvgIpc) is 3.69. The number of H-pyrrole nitrogens is 1. The van der Waals surface area contributed by atoms with Crippen LogP contribution in [0.2, 0.25) is 0 Å². The molecule has 0 saturated carbocycles. The Morgan fingerprint density at radius 2 is 1.62 bits per heavy atom. The van der Waals surface area contributed by atoms with E-state index in [1.807, 2.05) is 60.0 Å². The summed E-state index contributed by atoms with van der Waals surface area (Å²) in [6, 6.07) is 22.8. The van der Waals surface area contributed by atoms with E-state index in [2.05, 4.69) is 20.6 Å². The van der Waals surface area contributed by atoms with Gasteiger partial charge in [0.1, 0.15) is 23.7 Å². The van der Waals surface area contributed by atoms with Crippen molar-refractivity contribution < 1.29 is 29.9 Å². The molecule has 0 unspecified atom stereocenters. The molecule has 45 heavy (non-hydrogen) atoms. The number of esters is 1. The van der Waals surface area contributed by atoms with E-state index < -0.39 is 11.6 Å². The van der Waals surface area contributed by atoms with Gasteiger partial charge in [0.2, 0.25) is 5.82 Å². The summed E-state index contributed by atoms with van der Waals surface area (Å²) in [7, 11) is 0. The van der Waals surface area contributed by atoms with E-state index in [0.29, 0.717) is 35.7 Å². The minimum absolute atomic E-state index is 0.108. The first-order valence-corrected chi connectivity index (χ1v) is 14.4. The van der Waals surface area contributed by atoms with Crippen molar-refractivity contribution in [3.05, 3.63) is 107 Å². The molecule has 13 nitrogen and oxygen atoms in total. The first kappa shape index (κ1) is 31.6. The monoisotopic (exact) mass is 613 g/mol. The molecule has 0 bridgehead atoms. The van der Waals surface area contributed by atoms with Gasteiger partial charge in [-0.15, -0.1) is 10.2 Å². The highest BCUT2D eigenvalue weighted by Crippen LogP contribution is 2.31. The SMILES string of the molecule is CCCc1nc(C(C)(C)O)c(C(=O)OCc2ccccc2CON(O)O)n1Cc1ccc(-c2ccccc2-c2nn[nH]n2)cc1. The number of nitrogens with one attached hydrogen (secondary N) is 1. The maximum absolute atomic E-state index is 13.7. The molecule has 2 heterocycles. The van der Waals surface area contributed by atoms with Crippen molar-refractivity contribution in [2.75, 3.05) is 0 Å². The zero-order valence-corrected chi connectivity index (χ0v) is 25.2. The number of imidazole rings is 1. The second-order valence-electron chi connectivity index (χ2n) is 11.0. The normalized spacial score (nSPS) is 11.7. The molecule has 0 amide bonds. The summed E-state index contributed by atoms with van der Waals surface area (Å²) in [5.41, 5.74) is 3.88. The number of tetrazole rings is 1. The average molecular weight is 614 g/mol. The molecule has 2 aromatic heterocycles. The third-order valence-electron chi connectivity index (χ3n) is 7.22. The number of aromatic nitrogens is 6. The summed E-state index contributed by atoms with van der Waals surface area (Å²) < 4.78 is 7.58. The Morgan fingerprint density at radius 1 is 0.956 bits per heavy atom. The molecule has 0 spiro atoms. The molecule has 234 valence electrons. The number of aliphatic hydroxyl groups is 1. The van der Waals surface area contributed by atoms with Crippen molar-refractivity contribution in [3.63, 3.8) is 0 Å². The first-order chi connectivity index (χ1) is 21.7. The Morgan fingerprint density at radius 3 is 2.24 bits per heavy atom. The second kappa shape index (κ2) is 13.9. The van der Waals surface area contributed by atoms with Gasteiger partial charge in [-0.25, -0.2) is 14.6 Å². The summed E-state index contributed by atoms with van der Waals surface area (Å²) in [6.45, 7) is 5.26. The van der Waals surface area contributed by atoms with Crippen molar-refractivity contribution in [1.29, 1.82) is 0 Å². The molecule has 13 heteroatoms. The van der Waals surface area contributed by atoms with Gasteiger partial charge >= 0.3 is 5.97 Å². The van der Waals surface area contributed by atoms with Gasteiger partial charge in [-0.1, -0.05) is 79.7 Å². The third kappa shape index (κ3) is 7.48. The van der Waals surface area contributed by atoms with Gasteiger partial charge in [0.25, 0.3) is 0 Å². The second-order valence-corrected chi connectivity index (χ2v) is 11.0. The summed E-state index contributed by atoms with van der Waals surface area (Å²) in [6.07, 6.45) is 1.37. The number of ether oxygens (including phenoxy) is 1. The van der Waals surface area contributed by atoms with Crippen molar-refractivity contribution in [2.45, 2.75) is 59.0 Å². The molecule has 0 aliphatic carbocycles. The predicted molar refractivity (Wildman–Crippen MR) is 161 cm³/mol. The van der Waals surface area contributed by atoms with Crippen molar-refractivity contribution in [1.82, 2.24) is 35.6 Å². The van der Waals surface area contributed by atoms with E-state index in [-0.39, 0.29) is 30.0 Å². The standard InChI is InChI=1S/C32H35N7O6/c1-4-9-27-33-29(32(2,3)41)28(31(40)44-19-23-10-5-6-11-24(23)20-45-39(42)43)38(27)18-21-14-16-22(17-15-21)25-12-7-8-13-26(25)30-34-36-37-35-30/h5-8,10-17,41-43H,4,9,18-20H2,1-3H3,(H,34,35,36,37). The van der Waals surface area contributed by atoms with E-state index >= 15 is 0 Å². The van der Waals surface area contributed by atoms with Crippen LogP contribution in [0.5, 0.6) is 0 Å². The third-order valence-corrected chi connectivity index (χ3v) is 7.22. The number of carbonyl (C=O) groups is 1. The summed E-state index contributed by atoms with van der Waals surface area (Å²) in [5, 5.41) is 43.0. The quantitative estimate of drug-likeness (QED) is 0.106. The smallest absolute Gasteiger partial charge is 0.357 e. The molecule has 0 atom stereocenters. The molecule has 5 rings (SSSR count). The minimum Gasteiger partial charge on any atom is -0.456 e. The lowest BCUT2D eigenvalue weighted by Gasteiger charge is -2.18. The fraction of sp³-hybridized carbons (Fsp3) is 0.281. The van der Waals surface area contributed by atoms with Gasteiger partial charge in [-0.3, -0.25) is 10.4 Å². The highest BCUT2D eigenvalue weighted by Gasteiger charge is 2.32. The fourth-order valence-corrected chi connectivity index (χ4v) is 5.07. The van der Waals surface area contributed by atoms with E-state index in [1.54, 1.807) is 38.1 Å². The van der Waals surface area contributed by atoms with Crippen LogP contribution in [0.4, 0.5) is 0 Å². The lowest BCUT2D eigenvalue weighted by atomic mass is 9.98. The van der Waals surface area contributed by atoms with Crippen LogP contribution in [0.15, 0.2) is 72.8 Å². The Hall–Kier alpha value is -4.79. The van der Waals surface area contributed by atoms with Gasteiger partial charge in [0, 0.05) is 18.5 Å². The summed E-state index contributed by atoms with van der Waals surface area (Å²) >= 11 is 0. The molecular formula is C32H35N7O6. The van der Waals surface area contributed by atoms with Gasteiger partial charge < -0.3 is 14.4 Å². The van der Waals surface area contributed by atoms with Gasteiger partial charge in [-0.05, 0) is 53.3 Å². The highest BCUT2D eigenvalue weighted by molar-refractivity contribution is 5.89. The van der Waals surface area contributed by atoms with Crippen molar-refractivity contribution >= 4 is 5.97 Å². The lowest BCUT2D eigenvalue weighted by Crippen LogP contribution is -2.23. The Balaban J connectivity index is 1.45. The molecule has 0 saturated heterocycles. The van der Waals surface area contributed by atoms with Crippen molar-refractivity contribution in [3.8, 4) is 22.5 Å². The number of benzene rings is 3. The van der Waals surface area contributed by atoms with Crippen LogP contribution in [-0.2, 0) is 41.4 Å². The van der Waals surface area contributed by atoms with Crippen LogP contribution in [0.1, 0.15) is 65.9 Å². The maximum Gasteiger partial charge on any atom is 0.357 e. The number of nitrogens with zero attached hydrogens (tertiary/aromatic N) is 6. The van der Waals surface area contributed by atoms with Crippen LogP contribution in [-0.4, -0.2) is 57.1 Å². The number of aromatic amines is 1. The van der Waals surface area contributed by atoms with Crippen molar-refractivity contribution in [2.24, 2.45) is 0 Å². The Kier molecular flexibility index (Phi) is 9.76. The van der Waals surface area contributed by atoms with Crippen LogP contribution >= 0.6 is 0 Å². The maximum atomic E-state index is 13.7. The lowest BCUT2D eigenvalue weighted by molar-refractivity contribution is -0.497. The molecule has 3 aromatic carbocycles. The summed E-state index contributed by atoms with van der Waals surface area (Å²) in [4.78, 5) is 23.2. The number of hydrogen-bond acceptors (Lipinski definition) is 11. The van der Waals surface area contributed by atoms with Gasteiger partial charge in [-0.2, -0.15) is 5.21 Å². The van der Waals surface area contributed by atoms with Crippen LogP contribution in [0.3, 0.4) is 0 Å². The predicted octanol–water partition coefficient (Wildman–Crippen LogP) is 4.83. The zero-order valence-electron chi connectivity index (χ0n) is 25.2. The molecule has 0 aliphatic rings. The molecule has 0 radical (unpaired) electrons. The van der Waals surface area contributed by atoms with Gasteiger partial charge in [0.05, 0.1) is 12.0 Å². The number of rotatable bonds is 13. The van der Waals surface area contributed by atoms with E-state index in [4.69, 9.17) is 25.0 Å². The first-order valence-electron chi connectivity index (χ1n) is 14.4. The minimum atomic E-state index is -1.41. The van der Waals surface area contributed by atoms with Crippen LogP contribution in [0, 0.1) is 0 Å². The number of aryl methyl sites for hydroxylation is 1. The topological polar surface area (TPSA) is 172 Å². The number of hydrogen-bond donors (Lipinski definition) is 4. The largest absolute Gasteiger partial charge is 0.456 e. The van der Waals surface area contributed by atoms with E-state index in [1.165, 1.54) is 0 Å². The van der Waals surface area contributed by atoms with E-state index in [0.717, 1.165) is 28.7 Å². The molecule has 0 aliphatic heterocycles. The molecule has 0 fully saturated rings. The highest BCUT2D eigenvalue weighted by atomic mass is 17.1. The number of carbonyl (C=O) groups excluding carboxylic acids is 1.